The van der Waals surface area contributed by atoms with Crippen LogP contribution in [0.4, 0.5) is 26.3 Å². The SMILES string of the molecule is COC(=O)c1ccc(C=O)cc1.COC(=O)c1ccc(CN2CCC3(CC2)CC(N(C(=O)C(F)(F)F)[C@@H]2C[C@H]2c2ccccc2)CO3)cc1.O=C(N(C1COC2(CCNCC2)C1)[C@@H]1C[C@H]1c1ccccc1)C(F)(F)F.O=C(O)c1ccc(CN2CCC3(CC2)CC(N[C@@H]2C[C@H]2c2ccccc2)CO3)cc1. The molecule has 560 valence electrons. The summed E-state index contributed by atoms with van der Waals surface area (Å²) in [6.45, 7) is 7.89. The number of hydrogen-bond acceptors (Lipinski definition) is 15. The maximum atomic E-state index is 13.6. The third-order valence-corrected chi connectivity index (χ3v) is 22.4. The zero-order chi connectivity index (χ0) is 74.1. The molecular formula is C81H92F6N6O12. The minimum Gasteiger partial charge on any atom is -0.478 e. The van der Waals surface area contributed by atoms with Gasteiger partial charge in [0.2, 0.25) is 0 Å². The number of carbonyl (C=O) groups excluding carboxylic acids is 5. The van der Waals surface area contributed by atoms with Gasteiger partial charge >= 0.3 is 42.1 Å². The molecule has 3 N–H and O–H groups in total. The molecule has 6 saturated heterocycles. The van der Waals surface area contributed by atoms with E-state index in [1.165, 1.54) is 31.8 Å². The molecule has 3 aliphatic carbocycles. The van der Waals surface area contributed by atoms with E-state index in [9.17, 15) is 55.1 Å². The number of carbonyl (C=O) groups is 6. The second kappa shape index (κ2) is 33.2. The van der Waals surface area contributed by atoms with Crippen LogP contribution in [0.25, 0.3) is 0 Å². The van der Waals surface area contributed by atoms with E-state index < -0.39 is 65.9 Å². The predicted molar refractivity (Wildman–Crippen MR) is 378 cm³/mol. The van der Waals surface area contributed by atoms with Crippen molar-refractivity contribution in [2.75, 3.05) is 73.3 Å². The average Bonchev–Trinajstić information content (AvgIpc) is 1.60. The lowest BCUT2D eigenvalue weighted by Crippen LogP contribution is -2.50. The highest BCUT2D eigenvalue weighted by Crippen LogP contribution is 2.52. The number of nitrogens with one attached hydrogen (secondary N) is 2. The number of piperidine rings is 3. The van der Waals surface area contributed by atoms with Crippen LogP contribution >= 0.6 is 0 Å². The van der Waals surface area contributed by atoms with Crippen molar-refractivity contribution < 1.29 is 83.9 Å². The molecule has 6 aromatic rings. The van der Waals surface area contributed by atoms with Crippen LogP contribution < -0.4 is 10.6 Å². The minimum atomic E-state index is -4.91. The predicted octanol–water partition coefficient (Wildman–Crippen LogP) is 12.3. The normalized spacial score (nSPS) is 25.4. The highest BCUT2D eigenvalue weighted by atomic mass is 19.4. The first-order valence-corrected chi connectivity index (χ1v) is 36.4. The molecular weight excluding hydrogens is 1360 g/mol. The molecule has 3 spiro atoms. The van der Waals surface area contributed by atoms with E-state index in [1.54, 1.807) is 48.5 Å². The summed E-state index contributed by atoms with van der Waals surface area (Å²) in [6.07, 6.45) is 0.465. The van der Waals surface area contributed by atoms with E-state index in [1.807, 2.05) is 84.9 Å². The molecule has 9 fully saturated rings. The lowest BCUT2D eigenvalue weighted by atomic mass is 9.86. The standard InChI is InChI=1S/C28H31F3N2O4.C25H30N2O3.C19H23F3N2O2.C9H8O3/c1-36-25(34)21-9-7-19(8-10-21)17-32-13-11-27(12-14-32)16-22(18-37-27)33(26(35)28(29,30)31)24-15-23(24)20-5-3-2-4-6-20;28-24(29)20-8-6-18(7-9-20)16-27-12-10-25(11-13-27)15-21(17-30-25)26-23-14-22(23)19-4-2-1-3-5-19;20-19(21,22)17(25)24(16-10-15(16)13-4-2-1-3-5-13)14-11-18(26-12-14)6-8-23-9-7-18;1-12-9(11)8-4-2-7(6-10)3-5-8/h2-10,22-24H,11-18H2,1H3;1-9,21-23,26H,10-17H2,(H,28,29);1-5,14-16,23H,6-12H2;2-6H,1H3/t22?,23-,24+;21?,22-,23+;14?,15-,16+;/m000./s1. The van der Waals surface area contributed by atoms with Crippen molar-refractivity contribution in [3.8, 4) is 0 Å². The lowest BCUT2D eigenvalue weighted by molar-refractivity contribution is -0.188. The van der Waals surface area contributed by atoms with Gasteiger partial charge in [0.25, 0.3) is 0 Å². The van der Waals surface area contributed by atoms with Crippen LogP contribution in [0.1, 0.15) is 164 Å². The van der Waals surface area contributed by atoms with Crippen LogP contribution in [0.15, 0.2) is 164 Å². The number of esters is 2. The van der Waals surface area contributed by atoms with Crippen molar-refractivity contribution in [1.82, 2.24) is 30.2 Å². The molecule has 15 rings (SSSR count). The number of ether oxygens (including phenoxy) is 5. The molecule has 0 bridgehead atoms. The number of amides is 2. The van der Waals surface area contributed by atoms with Crippen LogP contribution in [0.2, 0.25) is 0 Å². The molecule has 0 radical (unpaired) electrons. The summed E-state index contributed by atoms with van der Waals surface area (Å²) >= 11 is 0. The molecule has 6 aliphatic heterocycles. The van der Waals surface area contributed by atoms with E-state index in [0.29, 0.717) is 85.3 Å². The van der Waals surface area contributed by atoms with Gasteiger partial charge in [-0.3, -0.25) is 24.2 Å². The zero-order valence-corrected chi connectivity index (χ0v) is 59.1. The van der Waals surface area contributed by atoms with Crippen molar-refractivity contribution in [3.05, 3.63) is 214 Å². The minimum absolute atomic E-state index is 0.0212. The summed E-state index contributed by atoms with van der Waals surface area (Å²) in [4.78, 5) is 75.4. The van der Waals surface area contributed by atoms with Crippen LogP contribution in [-0.4, -0.2) is 199 Å². The van der Waals surface area contributed by atoms with Gasteiger partial charge in [-0.1, -0.05) is 127 Å². The number of nitrogens with zero attached hydrogens (tertiary/aromatic N) is 4. The van der Waals surface area contributed by atoms with Gasteiger partial charge in [-0.25, -0.2) is 14.4 Å². The molecule has 9 aliphatic rings. The number of alkyl halides is 6. The van der Waals surface area contributed by atoms with Gasteiger partial charge in [-0.15, -0.1) is 0 Å². The van der Waals surface area contributed by atoms with Gasteiger partial charge in [0.05, 0.1) is 79.6 Å². The highest BCUT2D eigenvalue weighted by Gasteiger charge is 2.59. The molecule has 18 nitrogen and oxygen atoms in total. The van der Waals surface area contributed by atoms with E-state index in [4.69, 9.17) is 24.1 Å². The maximum absolute atomic E-state index is 13.6. The summed E-state index contributed by atoms with van der Waals surface area (Å²) in [6, 6.07) is 49.7. The Morgan fingerprint density at radius 1 is 0.514 bits per heavy atom. The van der Waals surface area contributed by atoms with E-state index in [-0.39, 0.29) is 42.2 Å². The van der Waals surface area contributed by atoms with Crippen LogP contribution in [-0.2, 0) is 46.4 Å². The largest absolute Gasteiger partial charge is 0.478 e. The number of methoxy groups -OCH3 is 2. The molecule has 2 amide bonds. The average molecular weight is 1460 g/mol. The van der Waals surface area contributed by atoms with Crippen molar-refractivity contribution >= 4 is 36.0 Å². The number of rotatable bonds is 17. The Labute approximate surface area is 608 Å². The number of likely N-dealkylation sites (tertiary alicyclic amines) is 2. The molecule has 105 heavy (non-hydrogen) atoms. The fourth-order valence-corrected chi connectivity index (χ4v) is 16.4. The Morgan fingerprint density at radius 2 is 0.895 bits per heavy atom. The van der Waals surface area contributed by atoms with Gasteiger partial charge in [0.1, 0.15) is 6.29 Å². The van der Waals surface area contributed by atoms with Gasteiger partial charge in [-0.2, -0.15) is 26.3 Å². The van der Waals surface area contributed by atoms with E-state index in [0.717, 1.165) is 117 Å². The summed E-state index contributed by atoms with van der Waals surface area (Å²) in [7, 11) is 2.66. The van der Waals surface area contributed by atoms with Gasteiger partial charge in [-0.05, 0) is 154 Å². The quantitative estimate of drug-likeness (QED) is 0.0441. The number of halogens is 6. The van der Waals surface area contributed by atoms with Gasteiger partial charge < -0.3 is 49.2 Å². The lowest BCUT2D eigenvalue weighted by Gasteiger charge is -2.39. The zero-order valence-electron chi connectivity index (χ0n) is 59.1. The third-order valence-electron chi connectivity index (χ3n) is 22.4. The Morgan fingerprint density at radius 3 is 1.30 bits per heavy atom. The second-order valence-corrected chi connectivity index (χ2v) is 29.4. The number of carboxylic acids is 1. The molecule has 6 heterocycles. The number of benzene rings is 6. The number of aldehydes is 1. The third kappa shape index (κ3) is 19.3. The van der Waals surface area contributed by atoms with Crippen molar-refractivity contribution in [3.63, 3.8) is 0 Å². The Balaban J connectivity index is 0.000000139. The first kappa shape index (κ1) is 76.3. The van der Waals surface area contributed by atoms with Crippen molar-refractivity contribution in [2.24, 2.45) is 0 Å². The fourth-order valence-electron chi connectivity index (χ4n) is 16.4. The first-order chi connectivity index (χ1) is 50.5. The molecule has 6 aromatic carbocycles. The summed E-state index contributed by atoms with van der Waals surface area (Å²) in [5.41, 5.74) is 6.64. The smallest absolute Gasteiger partial charge is 0.471 e. The Bertz CT molecular complexity index is 3910. The monoisotopic (exact) mass is 1450 g/mol. The highest BCUT2D eigenvalue weighted by molar-refractivity contribution is 5.91. The van der Waals surface area contributed by atoms with Crippen LogP contribution in [0.5, 0.6) is 0 Å². The summed E-state index contributed by atoms with van der Waals surface area (Å²) in [5.74, 6) is -4.55. The molecule has 3 saturated carbocycles. The van der Waals surface area contributed by atoms with Gasteiger partial charge in [0.15, 0.2) is 0 Å². The van der Waals surface area contributed by atoms with Gasteiger partial charge in [0, 0.05) is 86.8 Å². The van der Waals surface area contributed by atoms with Crippen molar-refractivity contribution in [1.29, 1.82) is 0 Å². The van der Waals surface area contributed by atoms with Crippen LogP contribution in [0.3, 0.4) is 0 Å². The molecule has 3 unspecified atom stereocenters. The van der Waals surface area contributed by atoms with Crippen LogP contribution in [0, 0.1) is 0 Å². The van der Waals surface area contributed by atoms with Crippen molar-refractivity contribution in [2.45, 2.75) is 173 Å². The fraction of sp³-hybridized carbons (Fsp3) is 0.481. The topological polar surface area (TPSA) is 206 Å². The Hall–Kier alpha value is -8.36. The maximum Gasteiger partial charge on any atom is 0.471 e. The number of carboxylic acid groups (broad SMARTS) is 1. The summed E-state index contributed by atoms with van der Waals surface area (Å²) < 4.78 is 108. The molecule has 9 atom stereocenters. The second-order valence-electron chi connectivity index (χ2n) is 29.4. The molecule has 24 heteroatoms. The number of aromatic carboxylic acids is 1. The molecule has 0 aromatic heterocycles. The van der Waals surface area contributed by atoms with E-state index >= 15 is 0 Å². The number of hydrogen-bond donors (Lipinski definition) is 3. The van der Waals surface area contributed by atoms with E-state index in [2.05, 4.69) is 55.5 Å². The summed E-state index contributed by atoms with van der Waals surface area (Å²) in [5, 5.41) is 16.1. The first-order valence-electron chi connectivity index (χ1n) is 36.4. The Kier molecular flexibility index (Phi) is 24.1.